The van der Waals surface area contributed by atoms with Crippen LogP contribution in [0, 0.1) is 0 Å². The van der Waals surface area contributed by atoms with Crippen LogP contribution in [0.5, 0.6) is 0 Å². The Bertz CT molecular complexity index is 170. The van der Waals surface area contributed by atoms with Gasteiger partial charge in [0.2, 0.25) is 0 Å². The summed E-state index contributed by atoms with van der Waals surface area (Å²) in [5.74, 6) is 0.688. The maximum absolute atomic E-state index is 5.22. The molecule has 58 valence electrons. The van der Waals surface area contributed by atoms with Crippen LogP contribution in [-0.4, -0.2) is 14.8 Å². The van der Waals surface area contributed by atoms with Crippen LogP contribution in [0.4, 0.5) is 0 Å². The monoisotopic (exact) mass is 142 g/mol. The summed E-state index contributed by atoms with van der Waals surface area (Å²) < 4.78 is 1.63. The second-order valence-corrected chi connectivity index (χ2v) is 1.54. The van der Waals surface area contributed by atoms with Gasteiger partial charge in [-0.1, -0.05) is 13.8 Å². The van der Waals surface area contributed by atoms with Crippen LogP contribution in [0.3, 0.4) is 0 Å². The van der Waals surface area contributed by atoms with Crippen molar-refractivity contribution in [1.29, 1.82) is 0 Å². The van der Waals surface area contributed by atoms with Gasteiger partial charge in [0.25, 0.3) is 0 Å². The fourth-order valence-electron chi connectivity index (χ4n) is 0.477. The Kier molecular flexibility index (Phi) is 4.49. The number of aromatic nitrogens is 3. The molecule has 0 unspecified atom stereocenters. The molecule has 1 rings (SSSR count). The zero-order valence-electron chi connectivity index (χ0n) is 6.70. The molecule has 0 saturated heterocycles. The average Bonchev–Trinajstić information content (AvgIpc) is 2.40. The standard InChI is InChI=1S/C4H8N4.C2H6/c1-8-3-6-4(2-5)7-8;1-2/h3H,2,5H2,1H3;1-2H3. The molecule has 0 aromatic carbocycles. The molecule has 0 atom stereocenters. The minimum absolute atomic E-state index is 0.418. The number of hydrogen-bond acceptors (Lipinski definition) is 3. The summed E-state index contributed by atoms with van der Waals surface area (Å²) in [5, 5.41) is 3.91. The van der Waals surface area contributed by atoms with E-state index in [1.54, 1.807) is 11.0 Å². The molecule has 0 aliphatic carbocycles. The van der Waals surface area contributed by atoms with Crippen molar-refractivity contribution < 1.29 is 0 Å². The highest BCUT2D eigenvalue weighted by Crippen LogP contribution is 1.81. The second-order valence-electron chi connectivity index (χ2n) is 1.54. The van der Waals surface area contributed by atoms with Crippen molar-refractivity contribution >= 4 is 0 Å². The molecule has 1 aromatic rings. The smallest absolute Gasteiger partial charge is 0.164 e. The molecule has 0 saturated carbocycles. The molecule has 1 heterocycles. The quantitative estimate of drug-likeness (QED) is 0.613. The van der Waals surface area contributed by atoms with E-state index in [1.807, 2.05) is 20.9 Å². The highest BCUT2D eigenvalue weighted by atomic mass is 15.3. The summed E-state index contributed by atoms with van der Waals surface area (Å²) in [6.45, 7) is 4.42. The molecule has 10 heavy (non-hydrogen) atoms. The van der Waals surface area contributed by atoms with Gasteiger partial charge < -0.3 is 5.73 Å². The maximum Gasteiger partial charge on any atom is 0.164 e. The third-order valence-electron chi connectivity index (χ3n) is 0.830. The molecular formula is C6H14N4. The van der Waals surface area contributed by atoms with Crippen molar-refractivity contribution in [3.63, 3.8) is 0 Å². The first-order chi connectivity index (χ1) is 4.83. The van der Waals surface area contributed by atoms with Crippen molar-refractivity contribution in [2.75, 3.05) is 0 Å². The summed E-state index contributed by atoms with van der Waals surface area (Å²) in [4.78, 5) is 3.86. The molecule has 1 aromatic heterocycles. The minimum Gasteiger partial charge on any atom is -0.324 e. The van der Waals surface area contributed by atoms with E-state index in [0.29, 0.717) is 12.4 Å². The van der Waals surface area contributed by atoms with Crippen LogP contribution in [0.25, 0.3) is 0 Å². The number of nitrogens with two attached hydrogens (primary N) is 1. The fourth-order valence-corrected chi connectivity index (χ4v) is 0.477. The lowest BCUT2D eigenvalue weighted by Crippen LogP contribution is -1.99. The van der Waals surface area contributed by atoms with E-state index < -0.39 is 0 Å². The van der Waals surface area contributed by atoms with Gasteiger partial charge in [-0.05, 0) is 0 Å². The van der Waals surface area contributed by atoms with Gasteiger partial charge in [-0.2, -0.15) is 5.10 Å². The van der Waals surface area contributed by atoms with Crippen molar-refractivity contribution in [3.05, 3.63) is 12.2 Å². The number of hydrogen-bond donors (Lipinski definition) is 1. The van der Waals surface area contributed by atoms with E-state index in [1.165, 1.54) is 0 Å². The van der Waals surface area contributed by atoms with Gasteiger partial charge in [0.15, 0.2) is 5.82 Å². The lowest BCUT2D eigenvalue weighted by molar-refractivity contribution is 0.742. The Morgan fingerprint density at radius 1 is 1.60 bits per heavy atom. The van der Waals surface area contributed by atoms with Crippen LogP contribution in [-0.2, 0) is 13.6 Å². The summed E-state index contributed by atoms with van der Waals surface area (Å²) in [6.07, 6.45) is 1.63. The Morgan fingerprint density at radius 2 is 2.20 bits per heavy atom. The number of aryl methyl sites for hydroxylation is 1. The topological polar surface area (TPSA) is 56.7 Å². The first-order valence-corrected chi connectivity index (χ1v) is 3.37. The Balaban J connectivity index is 0.000000371. The largest absolute Gasteiger partial charge is 0.324 e. The third-order valence-corrected chi connectivity index (χ3v) is 0.830. The Hall–Kier alpha value is -0.900. The van der Waals surface area contributed by atoms with Crippen LogP contribution in [0.15, 0.2) is 6.33 Å². The molecule has 0 fully saturated rings. The molecule has 0 bridgehead atoms. The van der Waals surface area contributed by atoms with Gasteiger partial charge in [-0.25, -0.2) is 4.98 Å². The predicted octanol–water partition coefficient (Wildman–Crippen LogP) is 0.300. The van der Waals surface area contributed by atoms with Gasteiger partial charge in [0.05, 0.1) is 6.54 Å². The molecule has 4 heteroatoms. The molecular weight excluding hydrogens is 128 g/mol. The molecule has 4 nitrogen and oxygen atoms in total. The van der Waals surface area contributed by atoms with E-state index >= 15 is 0 Å². The zero-order valence-corrected chi connectivity index (χ0v) is 6.70. The van der Waals surface area contributed by atoms with E-state index in [9.17, 15) is 0 Å². The normalized spacial score (nSPS) is 8.40. The maximum atomic E-state index is 5.22. The molecule has 0 aliphatic heterocycles. The SMILES string of the molecule is CC.Cn1cnc(CN)n1. The molecule has 0 radical (unpaired) electrons. The third kappa shape index (κ3) is 2.59. The summed E-state index contributed by atoms with van der Waals surface area (Å²) in [5.41, 5.74) is 5.22. The molecule has 0 spiro atoms. The number of nitrogens with zero attached hydrogens (tertiary/aromatic N) is 3. The zero-order chi connectivity index (χ0) is 7.98. The Morgan fingerprint density at radius 3 is 2.40 bits per heavy atom. The molecule has 0 aliphatic rings. The van der Waals surface area contributed by atoms with Crippen LogP contribution < -0.4 is 5.73 Å². The van der Waals surface area contributed by atoms with Gasteiger partial charge in [-0.3, -0.25) is 4.68 Å². The van der Waals surface area contributed by atoms with Gasteiger partial charge in [-0.15, -0.1) is 0 Å². The van der Waals surface area contributed by atoms with Crippen molar-refractivity contribution in [3.8, 4) is 0 Å². The fraction of sp³-hybridized carbons (Fsp3) is 0.667. The summed E-state index contributed by atoms with van der Waals surface area (Å²) in [6, 6.07) is 0. The molecule has 2 N–H and O–H groups in total. The minimum atomic E-state index is 0.418. The Labute approximate surface area is 61.1 Å². The first-order valence-electron chi connectivity index (χ1n) is 3.37. The highest BCUT2D eigenvalue weighted by molar-refractivity contribution is 4.77. The van der Waals surface area contributed by atoms with E-state index in [4.69, 9.17) is 5.73 Å². The summed E-state index contributed by atoms with van der Waals surface area (Å²) in [7, 11) is 1.81. The number of rotatable bonds is 1. The van der Waals surface area contributed by atoms with Gasteiger partial charge >= 0.3 is 0 Å². The van der Waals surface area contributed by atoms with E-state index in [0.717, 1.165) is 0 Å². The molecule has 0 amide bonds. The van der Waals surface area contributed by atoms with Gasteiger partial charge in [0.1, 0.15) is 6.33 Å². The van der Waals surface area contributed by atoms with Crippen molar-refractivity contribution in [1.82, 2.24) is 14.8 Å². The first kappa shape index (κ1) is 9.10. The lowest BCUT2D eigenvalue weighted by Gasteiger charge is -1.81. The lowest BCUT2D eigenvalue weighted by atomic mass is 10.6. The van der Waals surface area contributed by atoms with Crippen molar-refractivity contribution in [2.45, 2.75) is 20.4 Å². The highest BCUT2D eigenvalue weighted by Gasteiger charge is 1.90. The van der Waals surface area contributed by atoms with E-state index in [-0.39, 0.29) is 0 Å². The average molecular weight is 142 g/mol. The van der Waals surface area contributed by atoms with E-state index in [2.05, 4.69) is 10.1 Å². The van der Waals surface area contributed by atoms with Crippen molar-refractivity contribution in [2.24, 2.45) is 12.8 Å². The van der Waals surface area contributed by atoms with Crippen LogP contribution in [0.1, 0.15) is 19.7 Å². The summed E-state index contributed by atoms with van der Waals surface area (Å²) >= 11 is 0. The van der Waals surface area contributed by atoms with Crippen LogP contribution >= 0.6 is 0 Å². The van der Waals surface area contributed by atoms with Crippen LogP contribution in [0.2, 0.25) is 0 Å². The predicted molar refractivity (Wildman–Crippen MR) is 40.2 cm³/mol. The second kappa shape index (κ2) is 4.93. The van der Waals surface area contributed by atoms with Gasteiger partial charge in [0, 0.05) is 7.05 Å².